The van der Waals surface area contributed by atoms with Crippen molar-refractivity contribution in [1.29, 1.82) is 0 Å². The number of aromatic nitrogens is 2. The maximum Gasteiger partial charge on any atom is 0.229 e. The number of guanidine groups is 1. The van der Waals surface area contributed by atoms with Gasteiger partial charge in [0.25, 0.3) is 0 Å². The first-order chi connectivity index (χ1) is 15.8. The van der Waals surface area contributed by atoms with Crippen molar-refractivity contribution in [1.82, 2.24) is 15.3 Å². The Bertz CT molecular complexity index is 1160. The summed E-state index contributed by atoms with van der Waals surface area (Å²) in [6, 6.07) is 16.6. The van der Waals surface area contributed by atoms with Crippen LogP contribution in [0, 0.1) is 13.8 Å². The summed E-state index contributed by atoms with van der Waals surface area (Å²) in [4.78, 5) is 24.9. The maximum absolute atomic E-state index is 11.5. The smallest absolute Gasteiger partial charge is 0.229 e. The standard InChI is InChI=1S/C24H26N6O2S/c1-15-13-16(2)27-23(26-15)29-22(25-14-19-7-5-6-8-21(19)32-4)30-24(33)28-20-11-9-18(10-12-20)17(3)31/h5-13H,14H2,1-4H3,(H3,25,26,27,28,29,30,33). The molecule has 0 aliphatic rings. The van der Waals surface area contributed by atoms with E-state index in [-0.39, 0.29) is 5.78 Å². The second kappa shape index (κ2) is 11.1. The highest BCUT2D eigenvalue weighted by atomic mass is 32.1. The number of para-hydroxylation sites is 1. The summed E-state index contributed by atoms with van der Waals surface area (Å²) in [5, 5.41) is 9.59. The Morgan fingerprint density at radius 2 is 1.70 bits per heavy atom. The molecule has 33 heavy (non-hydrogen) atoms. The number of rotatable bonds is 6. The van der Waals surface area contributed by atoms with Crippen LogP contribution >= 0.6 is 12.2 Å². The summed E-state index contributed by atoms with van der Waals surface area (Å²) in [7, 11) is 1.62. The van der Waals surface area contributed by atoms with Gasteiger partial charge in [-0.3, -0.25) is 10.1 Å². The quantitative estimate of drug-likeness (QED) is 0.216. The minimum atomic E-state index is 0.00524. The van der Waals surface area contributed by atoms with Crippen molar-refractivity contribution in [2.45, 2.75) is 27.3 Å². The molecule has 0 saturated carbocycles. The van der Waals surface area contributed by atoms with Gasteiger partial charge in [-0.25, -0.2) is 15.0 Å². The van der Waals surface area contributed by atoms with Gasteiger partial charge < -0.3 is 15.4 Å². The van der Waals surface area contributed by atoms with Crippen LogP contribution in [0.1, 0.15) is 34.2 Å². The highest BCUT2D eigenvalue weighted by Crippen LogP contribution is 2.18. The third kappa shape index (κ3) is 7.08. The van der Waals surface area contributed by atoms with Crippen LogP contribution in [0.4, 0.5) is 11.6 Å². The molecule has 2 aromatic carbocycles. The second-order valence-corrected chi connectivity index (χ2v) is 7.70. The summed E-state index contributed by atoms with van der Waals surface area (Å²) < 4.78 is 5.42. The molecule has 0 radical (unpaired) electrons. The molecule has 170 valence electrons. The number of nitrogens with zero attached hydrogens (tertiary/aromatic N) is 3. The van der Waals surface area contributed by atoms with Crippen LogP contribution in [-0.4, -0.2) is 33.9 Å². The topological polar surface area (TPSA) is 101 Å². The zero-order valence-corrected chi connectivity index (χ0v) is 19.8. The van der Waals surface area contributed by atoms with Crippen LogP contribution < -0.4 is 20.7 Å². The van der Waals surface area contributed by atoms with E-state index in [0.29, 0.717) is 29.1 Å². The van der Waals surface area contributed by atoms with E-state index in [0.717, 1.165) is 28.4 Å². The average molecular weight is 463 g/mol. The van der Waals surface area contributed by atoms with E-state index in [1.54, 1.807) is 31.4 Å². The minimum Gasteiger partial charge on any atom is -0.496 e. The van der Waals surface area contributed by atoms with Crippen LogP contribution in [0.15, 0.2) is 59.6 Å². The van der Waals surface area contributed by atoms with Crippen LogP contribution in [0.2, 0.25) is 0 Å². The van der Waals surface area contributed by atoms with E-state index in [1.165, 1.54) is 6.92 Å². The fourth-order valence-corrected chi connectivity index (χ4v) is 3.27. The molecule has 1 heterocycles. The van der Waals surface area contributed by atoms with E-state index in [1.807, 2.05) is 44.2 Å². The van der Waals surface area contributed by atoms with Gasteiger partial charge in [0.2, 0.25) is 11.9 Å². The molecule has 0 amide bonds. The number of Topliss-reactive ketones (excluding diaryl/α,β-unsaturated/α-hetero) is 1. The van der Waals surface area contributed by atoms with Crippen molar-refractivity contribution in [2.75, 3.05) is 17.7 Å². The number of hydrogen-bond acceptors (Lipinski definition) is 6. The number of ketones is 1. The maximum atomic E-state index is 11.5. The molecule has 3 rings (SSSR count). The average Bonchev–Trinajstić information content (AvgIpc) is 2.77. The summed E-state index contributed by atoms with van der Waals surface area (Å²) in [5.74, 6) is 1.54. The SMILES string of the molecule is COc1ccccc1CN=C(NC(=S)Nc1ccc(C(C)=O)cc1)Nc1nc(C)cc(C)n1. The number of benzene rings is 2. The van der Waals surface area contributed by atoms with Gasteiger partial charge in [-0.05, 0) is 69.4 Å². The Kier molecular flexibility index (Phi) is 8.04. The molecule has 3 aromatic rings. The molecule has 9 heteroatoms. The van der Waals surface area contributed by atoms with Gasteiger partial charge >= 0.3 is 0 Å². The van der Waals surface area contributed by atoms with Gasteiger partial charge in [-0.2, -0.15) is 0 Å². The number of carbonyl (C=O) groups is 1. The Labute approximate surface area is 198 Å². The van der Waals surface area contributed by atoms with Crippen LogP contribution in [-0.2, 0) is 6.54 Å². The molecule has 0 atom stereocenters. The van der Waals surface area contributed by atoms with Gasteiger partial charge in [0.1, 0.15) is 5.75 Å². The molecule has 0 bridgehead atoms. The van der Waals surface area contributed by atoms with E-state index in [4.69, 9.17) is 17.0 Å². The van der Waals surface area contributed by atoms with Crippen molar-refractivity contribution in [3.63, 3.8) is 0 Å². The molecule has 0 spiro atoms. The molecular formula is C24H26N6O2S. The predicted molar refractivity (Wildman–Crippen MR) is 135 cm³/mol. The van der Waals surface area contributed by atoms with Crippen LogP contribution in [0.25, 0.3) is 0 Å². The number of carbonyl (C=O) groups excluding carboxylic acids is 1. The molecule has 0 fully saturated rings. The molecule has 0 unspecified atom stereocenters. The first-order valence-corrected chi connectivity index (χ1v) is 10.7. The van der Waals surface area contributed by atoms with Crippen molar-refractivity contribution < 1.29 is 9.53 Å². The van der Waals surface area contributed by atoms with Crippen molar-refractivity contribution >= 4 is 40.7 Å². The van der Waals surface area contributed by atoms with Gasteiger partial charge in [0, 0.05) is 28.2 Å². The third-order valence-electron chi connectivity index (χ3n) is 4.59. The first kappa shape index (κ1) is 23.8. The van der Waals surface area contributed by atoms with Gasteiger partial charge in [0.15, 0.2) is 10.9 Å². The summed E-state index contributed by atoms with van der Waals surface area (Å²) in [6.45, 7) is 5.67. The number of anilines is 2. The number of aryl methyl sites for hydroxylation is 2. The Morgan fingerprint density at radius 1 is 1.03 bits per heavy atom. The summed E-state index contributed by atoms with van der Waals surface area (Å²) >= 11 is 5.47. The molecule has 8 nitrogen and oxygen atoms in total. The van der Waals surface area contributed by atoms with Crippen molar-refractivity contribution in [3.05, 3.63) is 77.1 Å². The molecule has 0 aliphatic heterocycles. The molecule has 0 aliphatic carbocycles. The Hall–Kier alpha value is -3.85. The highest BCUT2D eigenvalue weighted by Gasteiger charge is 2.09. The largest absolute Gasteiger partial charge is 0.496 e. The highest BCUT2D eigenvalue weighted by molar-refractivity contribution is 7.80. The predicted octanol–water partition coefficient (Wildman–Crippen LogP) is 4.26. The lowest BCUT2D eigenvalue weighted by molar-refractivity contribution is 0.101. The lowest BCUT2D eigenvalue weighted by atomic mass is 10.1. The fourth-order valence-electron chi connectivity index (χ4n) is 3.05. The Morgan fingerprint density at radius 3 is 2.33 bits per heavy atom. The van der Waals surface area contributed by atoms with E-state index < -0.39 is 0 Å². The lowest BCUT2D eigenvalue weighted by Crippen LogP contribution is -2.39. The lowest BCUT2D eigenvalue weighted by Gasteiger charge is -2.15. The van der Waals surface area contributed by atoms with E-state index >= 15 is 0 Å². The minimum absolute atomic E-state index is 0.00524. The monoisotopic (exact) mass is 462 g/mol. The van der Waals surface area contributed by atoms with Gasteiger partial charge in [-0.15, -0.1) is 0 Å². The molecule has 3 N–H and O–H groups in total. The first-order valence-electron chi connectivity index (χ1n) is 10.3. The van der Waals surface area contributed by atoms with Gasteiger partial charge in [0.05, 0.1) is 13.7 Å². The fraction of sp³-hybridized carbons (Fsp3) is 0.208. The second-order valence-electron chi connectivity index (χ2n) is 7.29. The third-order valence-corrected chi connectivity index (χ3v) is 4.80. The molecular weight excluding hydrogens is 436 g/mol. The van der Waals surface area contributed by atoms with Crippen molar-refractivity contribution in [3.8, 4) is 5.75 Å². The van der Waals surface area contributed by atoms with E-state index in [9.17, 15) is 4.79 Å². The Balaban J connectivity index is 1.79. The number of nitrogens with one attached hydrogen (secondary N) is 3. The van der Waals surface area contributed by atoms with E-state index in [2.05, 4.69) is 30.9 Å². The number of ether oxygens (including phenoxy) is 1. The van der Waals surface area contributed by atoms with Crippen molar-refractivity contribution in [2.24, 2.45) is 4.99 Å². The zero-order valence-electron chi connectivity index (χ0n) is 19.0. The number of methoxy groups -OCH3 is 1. The number of thiocarbonyl (C=S) groups is 1. The molecule has 1 aromatic heterocycles. The summed E-state index contributed by atoms with van der Waals surface area (Å²) in [6.07, 6.45) is 0. The van der Waals surface area contributed by atoms with Crippen LogP contribution in [0.3, 0.4) is 0 Å². The van der Waals surface area contributed by atoms with Gasteiger partial charge in [-0.1, -0.05) is 18.2 Å². The summed E-state index contributed by atoms with van der Waals surface area (Å²) in [5.41, 5.74) is 3.96. The molecule has 0 saturated heterocycles. The number of aliphatic imine (C=N–C) groups is 1. The normalized spacial score (nSPS) is 11.0. The van der Waals surface area contributed by atoms with Crippen LogP contribution in [0.5, 0.6) is 5.75 Å². The number of hydrogen-bond donors (Lipinski definition) is 3. The zero-order chi connectivity index (χ0) is 23.8.